The third-order valence-corrected chi connectivity index (χ3v) is 4.06. The van der Waals surface area contributed by atoms with Crippen LogP contribution in [0.3, 0.4) is 0 Å². The molecule has 0 aliphatic heterocycles. The summed E-state index contributed by atoms with van der Waals surface area (Å²) in [5.41, 5.74) is 2.74. The van der Waals surface area contributed by atoms with Crippen molar-refractivity contribution in [2.24, 2.45) is 7.05 Å². The summed E-state index contributed by atoms with van der Waals surface area (Å²) in [6, 6.07) is 14.3. The first-order valence-corrected chi connectivity index (χ1v) is 7.76. The molecule has 0 atom stereocenters. The molecule has 0 spiro atoms. The molecule has 2 aromatic carbocycles. The number of hydrogen-bond donors (Lipinski definition) is 2. The second kappa shape index (κ2) is 6.37. The van der Waals surface area contributed by atoms with E-state index >= 15 is 0 Å². The second-order valence-corrected chi connectivity index (χ2v) is 5.88. The Hall–Kier alpha value is -2.79. The van der Waals surface area contributed by atoms with Crippen LogP contribution in [0.5, 0.6) is 0 Å². The Bertz CT molecular complexity index is 929. The van der Waals surface area contributed by atoms with Gasteiger partial charge >= 0.3 is 0 Å². The molecule has 0 bridgehead atoms. The third kappa shape index (κ3) is 3.12. The molecule has 2 amide bonds. The Morgan fingerprint density at radius 1 is 1.00 bits per heavy atom. The lowest BCUT2D eigenvalue weighted by atomic mass is 10.2. The molecule has 0 fully saturated rings. The lowest BCUT2D eigenvalue weighted by Crippen LogP contribution is -2.15. The zero-order valence-electron chi connectivity index (χ0n) is 13.3. The summed E-state index contributed by atoms with van der Waals surface area (Å²) in [7, 11) is 1.83. The quantitative estimate of drug-likeness (QED) is 0.755. The number of amides is 2. The minimum atomic E-state index is -0.225. The predicted octanol–water partition coefficient (Wildman–Crippen LogP) is 4.04. The van der Waals surface area contributed by atoms with Crippen LogP contribution in [-0.2, 0) is 11.8 Å². The SMILES string of the molecule is CC(=O)Nc1ccc(NC(=O)c2cc3c(Cl)cccc3n2C)cc1. The van der Waals surface area contributed by atoms with Crippen LogP contribution in [0.1, 0.15) is 17.4 Å². The van der Waals surface area contributed by atoms with Crippen molar-refractivity contribution in [3.05, 3.63) is 59.2 Å². The summed E-state index contributed by atoms with van der Waals surface area (Å²) >= 11 is 6.19. The van der Waals surface area contributed by atoms with Crippen LogP contribution in [0.15, 0.2) is 48.5 Å². The molecule has 3 aromatic rings. The average Bonchev–Trinajstić information content (AvgIpc) is 2.88. The van der Waals surface area contributed by atoms with E-state index in [2.05, 4.69) is 10.6 Å². The fourth-order valence-corrected chi connectivity index (χ4v) is 2.80. The van der Waals surface area contributed by atoms with Crippen LogP contribution in [-0.4, -0.2) is 16.4 Å². The predicted molar refractivity (Wildman–Crippen MR) is 96.6 cm³/mol. The summed E-state index contributed by atoms with van der Waals surface area (Å²) < 4.78 is 1.81. The van der Waals surface area contributed by atoms with Gasteiger partial charge in [0.25, 0.3) is 5.91 Å². The van der Waals surface area contributed by atoms with Gasteiger partial charge in [0.05, 0.1) is 0 Å². The number of hydrogen-bond acceptors (Lipinski definition) is 2. The summed E-state index contributed by atoms with van der Waals surface area (Å²) in [5.74, 6) is -0.365. The molecule has 0 radical (unpaired) electrons. The maximum Gasteiger partial charge on any atom is 0.272 e. The smallest absolute Gasteiger partial charge is 0.272 e. The number of aromatic nitrogens is 1. The molecule has 5 nitrogen and oxygen atoms in total. The average molecular weight is 342 g/mol. The number of rotatable bonds is 3. The number of benzene rings is 2. The lowest BCUT2D eigenvalue weighted by Gasteiger charge is -2.08. The molecule has 0 unspecified atom stereocenters. The van der Waals surface area contributed by atoms with Gasteiger partial charge in [0.15, 0.2) is 0 Å². The van der Waals surface area contributed by atoms with Crippen LogP contribution in [0.25, 0.3) is 10.9 Å². The van der Waals surface area contributed by atoms with Crippen molar-refractivity contribution in [3.8, 4) is 0 Å². The number of anilines is 2. The van der Waals surface area contributed by atoms with Crippen molar-refractivity contribution in [1.29, 1.82) is 0 Å². The van der Waals surface area contributed by atoms with Gasteiger partial charge in [-0.2, -0.15) is 0 Å². The fraction of sp³-hybridized carbons (Fsp3) is 0.111. The first-order valence-electron chi connectivity index (χ1n) is 7.38. The molecule has 24 heavy (non-hydrogen) atoms. The number of nitrogens with zero attached hydrogens (tertiary/aromatic N) is 1. The van der Waals surface area contributed by atoms with Gasteiger partial charge in [-0.05, 0) is 42.5 Å². The monoisotopic (exact) mass is 341 g/mol. The Labute approximate surface area is 144 Å². The molecule has 3 rings (SSSR count). The maximum atomic E-state index is 12.5. The van der Waals surface area contributed by atoms with E-state index in [0.29, 0.717) is 22.1 Å². The summed E-state index contributed by atoms with van der Waals surface area (Å²) in [6.07, 6.45) is 0. The van der Waals surface area contributed by atoms with E-state index in [-0.39, 0.29) is 11.8 Å². The molecular weight excluding hydrogens is 326 g/mol. The standard InChI is InChI=1S/C18H16ClN3O2/c1-11(23)20-12-6-8-13(9-7-12)21-18(24)17-10-14-15(19)4-3-5-16(14)22(17)2/h3-10H,1-2H3,(H,20,23)(H,21,24). The molecule has 0 aliphatic carbocycles. The van der Waals surface area contributed by atoms with E-state index in [4.69, 9.17) is 11.6 Å². The highest BCUT2D eigenvalue weighted by Crippen LogP contribution is 2.26. The largest absolute Gasteiger partial charge is 0.340 e. The third-order valence-electron chi connectivity index (χ3n) is 3.73. The topological polar surface area (TPSA) is 63.1 Å². The number of halogens is 1. The van der Waals surface area contributed by atoms with E-state index in [1.165, 1.54) is 6.92 Å². The summed E-state index contributed by atoms with van der Waals surface area (Å²) in [4.78, 5) is 23.6. The minimum Gasteiger partial charge on any atom is -0.340 e. The molecule has 6 heteroatoms. The highest BCUT2D eigenvalue weighted by molar-refractivity contribution is 6.35. The molecule has 122 valence electrons. The maximum absolute atomic E-state index is 12.5. The second-order valence-electron chi connectivity index (χ2n) is 5.47. The number of fused-ring (bicyclic) bond motifs is 1. The van der Waals surface area contributed by atoms with Crippen LogP contribution >= 0.6 is 11.6 Å². The van der Waals surface area contributed by atoms with E-state index in [1.54, 1.807) is 36.4 Å². The van der Waals surface area contributed by atoms with Crippen LogP contribution < -0.4 is 10.6 Å². The van der Waals surface area contributed by atoms with Crippen molar-refractivity contribution in [2.75, 3.05) is 10.6 Å². The summed E-state index contributed by atoms with van der Waals surface area (Å²) in [5, 5.41) is 6.98. The first kappa shape index (κ1) is 16.1. The van der Waals surface area contributed by atoms with Crippen molar-refractivity contribution in [1.82, 2.24) is 4.57 Å². The van der Waals surface area contributed by atoms with Crippen LogP contribution in [0.2, 0.25) is 5.02 Å². The Balaban J connectivity index is 1.84. The lowest BCUT2D eigenvalue weighted by molar-refractivity contribution is -0.114. The van der Waals surface area contributed by atoms with Gasteiger partial charge in [-0.25, -0.2) is 0 Å². The molecule has 2 N–H and O–H groups in total. The van der Waals surface area contributed by atoms with Crippen molar-refractivity contribution in [2.45, 2.75) is 6.92 Å². The van der Waals surface area contributed by atoms with Gasteiger partial charge in [0, 0.05) is 41.3 Å². The van der Waals surface area contributed by atoms with Gasteiger partial charge < -0.3 is 15.2 Å². The zero-order valence-corrected chi connectivity index (χ0v) is 14.0. The normalized spacial score (nSPS) is 10.6. The molecule has 1 heterocycles. The van der Waals surface area contributed by atoms with E-state index < -0.39 is 0 Å². The van der Waals surface area contributed by atoms with Crippen molar-refractivity contribution in [3.63, 3.8) is 0 Å². The molecule has 0 saturated heterocycles. The minimum absolute atomic E-state index is 0.140. The Kier molecular flexibility index (Phi) is 4.27. The number of carbonyl (C=O) groups excluding carboxylic acids is 2. The fourth-order valence-electron chi connectivity index (χ4n) is 2.58. The zero-order chi connectivity index (χ0) is 17.3. The first-order chi connectivity index (χ1) is 11.5. The number of nitrogens with one attached hydrogen (secondary N) is 2. The van der Waals surface area contributed by atoms with Gasteiger partial charge in [-0.15, -0.1) is 0 Å². The highest BCUT2D eigenvalue weighted by Gasteiger charge is 2.15. The number of carbonyl (C=O) groups is 2. The van der Waals surface area contributed by atoms with Gasteiger partial charge in [0.1, 0.15) is 5.69 Å². The van der Waals surface area contributed by atoms with Gasteiger partial charge in [-0.1, -0.05) is 17.7 Å². The molecule has 0 aliphatic rings. The molecular formula is C18H16ClN3O2. The molecule has 0 saturated carbocycles. The van der Waals surface area contributed by atoms with Crippen LogP contribution in [0.4, 0.5) is 11.4 Å². The van der Waals surface area contributed by atoms with E-state index in [1.807, 2.05) is 23.7 Å². The highest BCUT2D eigenvalue weighted by atomic mass is 35.5. The molecule has 1 aromatic heterocycles. The number of aryl methyl sites for hydroxylation is 1. The van der Waals surface area contributed by atoms with E-state index in [0.717, 1.165) is 10.9 Å². The van der Waals surface area contributed by atoms with Crippen molar-refractivity contribution < 1.29 is 9.59 Å². The van der Waals surface area contributed by atoms with Gasteiger partial charge in [0.2, 0.25) is 5.91 Å². The van der Waals surface area contributed by atoms with Gasteiger partial charge in [-0.3, -0.25) is 9.59 Å². The van der Waals surface area contributed by atoms with Crippen LogP contribution in [0, 0.1) is 0 Å². The Morgan fingerprint density at radius 2 is 1.62 bits per heavy atom. The van der Waals surface area contributed by atoms with Crippen molar-refractivity contribution >= 4 is 45.7 Å². The Morgan fingerprint density at radius 3 is 2.21 bits per heavy atom. The van der Waals surface area contributed by atoms with E-state index in [9.17, 15) is 9.59 Å². The summed E-state index contributed by atoms with van der Waals surface area (Å²) in [6.45, 7) is 1.45.